The number of hydrogen-bond acceptors (Lipinski definition) is 5. The molecule has 0 unspecified atom stereocenters. The van der Waals surface area contributed by atoms with E-state index in [1.54, 1.807) is 24.3 Å². The van der Waals surface area contributed by atoms with Gasteiger partial charge in [-0.1, -0.05) is 12.1 Å². The number of guanidine groups is 1. The Kier molecular flexibility index (Phi) is 6.94. The van der Waals surface area contributed by atoms with Crippen LogP contribution in [0.5, 0.6) is 23.0 Å². The van der Waals surface area contributed by atoms with E-state index in [0.717, 1.165) is 5.56 Å². The van der Waals surface area contributed by atoms with Crippen LogP contribution in [-0.4, -0.2) is 37.6 Å². The molecule has 0 bridgehead atoms. The zero-order chi connectivity index (χ0) is 20.6. The summed E-state index contributed by atoms with van der Waals surface area (Å²) in [5.74, 6) is 1.59. The molecule has 7 nitrogen and oxygen atoms in total. The number of phenolic OH excluding ortho intramolecular Hbond substituents is 1. The van der Waals surface area contributed by atoms with Gasteiger partial charge in [-0.05, 0) is 37.1 Å². The van der Waals surface area contributed by atoms with Crippen molar-refractivity contribution in [2.45, 2.75) is 26.5 Å². The van der Waals surface area contributed by atoms with Crippen molar-refractivity contribution in [1.29, 1.82) is 0 Å². The Morgan fingerprint density at radius 2 is 2.00 bits per heavy atom. The molecule has 0 saturated heterocycles. The van der Waals surface area contributed by atoms with Crippen molar-refractivity contribution in [2.24, 2.45) is 4.99 Å². The number of phenols is 1. The number of nitrogens with one attached hydrogen (secondary N) is 2. The minimum atomic E-state index is -2.95. The Morgan fingerprint density at radius 3 is 2.72 bits per heavy atom. The second-order valence-electron chi connectivity index (χ2n) is 6.23. The molecule has 3 rings (SSSR count). The maximum atomic E-state index is 12.8. The monoisotopic (exact) mass is 407 g/mol. The summed E-state index contributed by atoms with van der Waals surface area (Å²) < 4.78 is 40.7. The number of ether oxygens (including phenoxy) is 3. The number of alkyl halides is 2. The maximum absolute atomic E-state index is 12.8. The van der Waals surface area contributed by atoms with Crippen LogP contribution in [0.25, 0.3) is 0 Å². The van der Waals surface area contributed by atoms with Gasteiger partial charge in [-0.3, -0.25) is 0 Å². The summed E-state index contributed by atoms with van der Waals surface area (Å²) in [6.45, 7) is 0.344. The van der Waals surface area contributed by atoms with Gasteiger partial charge < -0.3 is 30.0 Å². The van der Waals surface area contributed by atoms with Gasteiger partial charge in [0.1, 0.15) is 11.5 Å². The molecule has 0 fully saturated rings. The molecule has 0 atom stereocenters. The van der Waals surface area contributed by atoms with Crippen LogP contribution < -0.4 is 24.8 Å². The Bertz CT molecular complexity index is 862. The lowest BCUT2D eigenvalue weighted by Crippen LogP contribution is -2.38. The average Bonchev–Trinajstić information content (AvgIpc) is 3.12. The van der Waals surface area contributed by atoms with Gasteiger partial charge in [0, 0.05) is 24.7 Å². The smallest absolute Gasteiger partial charge is 0.387 e. The third-order valence-electron chi connectivity index (χ3n) is 4.14. The molecule has 0 amide bonds. The highest BCUT2D eigenvalue weighted by Gasteiger charge is 2.20. The van der Waals surface area contributed by atoms with E-state index >= 15 is 0 Å². The molecule has 0 aromatic heterocycles. The van der Waals surface area contributed by atoms with Crippen molar-refractivity contribution in [3.8, 4) is 23.0 Å². The van der Waals surface area contributed by atoms with Crippen molar-refractivity contribution in [3.63, 3.8) is 0 Å². The zero-order valence-electron chi connectivity index (χ0n) is 16.0. The van der Waals surface area contributed by atoms with E-state index in [1.807, 2.05) is 13.0 Å². The molecule has 2 aromatic carbocycles. The zero-order valence-corrected chi connectivity index (χ0v) is 16.0. The molecule has 0 saturated carbocycles. The molecule has 0 aliphatic carbocycles. The van der Waals surface area contributed by atoms with Crippen molar-refractivity contribution in [3.05, 3.63) is 47.5 Å². The van der Waals surface area contributed by atoms with Crippen LogP contribution in [0.3, 0.4) is 0 Å². The summed E-state index contributed by atoms with van der Waals surface area (Å²) >= 11 is 0. The van der Waals surface area contributed by atoms with E-state index in [0.29, 0.717) is 42.5 Å². The van der Waals surface area contributed by atoms with Gasteiger partial charge in [0.25, 0.3) is 0 Å². The fraction of sp³-hybridized carbons (Fsp3) is 0.350. The van der Waals surface area contributed by atoms with E-state index in [4.69, 9.17) is 9.47 Å². The largest absolute Gasteiger partial charge is 0.508 e. The SMILES string of the molecule is CCNC(=NCc1cc2c(cc1OC(F)F)OCO2)NCCc1cccc(O)c1. The lowest BCUT2D eigenvalue weighted by Gasteiger charge is -2.13. The van der Waals surface area contributed by atoms with E-state index in [1.165, 1.54) is 6.07 Å². The number of halogens is 2. The fourth-order valence-electron chi connectivity index (χ4n) is 2.84. The van der Waals surface area contributed by atoms with Crippen molar-refractivity contribution in [1.82, 2.24) is 10.6 Å². The number of fused-ring (bicyclic) bond motifs is 1. The fourth-order valence-corrected chi connectivity index (χ4v) is 2.84. The molecule has 2 aromatic rings. The summed E-state index contributed by atoms with van der Waals surface area (Å²) in [5.41, 5.74) is 1.44. The van der Waals surface area contributed by atoms with Crippen LogP contribution in [0.15, 0.2) is 41.4 Å². The molecule has 156 valence electrons. The van der Waals surface area contributed by atoms with E-state index in [9.17, 15) is 13.9 Å². The van der Waals surface area contributed by atoms with Crippen LogP contribution in [0.1, 0.15) is 18.1 Å². The lowest BCUT2D eigenvalue weighted by molar-refractivity contribution is -0.0505. The molecule has 9 heteroatoms. The minimum absolute atomic E-state index is 0.00334. The number of aromatic hydroxyl groups is 1. The Hall–Kier alpha value is -3.23. The third kappa shape index (κ3) is 5.87. The quantitative estimate of drug-likeness (QED) is 0.461. The first-order chi connectivity index (χ1) is 14.0. The first kappa shape index (κ1) is 20.5. The Morgan fingerprint density at radius 1 is 1.21 bits per heavy atom. The molecule has 1 aliphatic rings. The topological polar surface area (TPSA) is 84.3 Å². The predicted molar refractivity (Wildman–Crippen MR) is 104 cm³/mol. The van der Waals surface area contributed by atoms with Crippen LogP contribution in [0.2, 0.25) is 0 Å². The van der Waals surface area contributed by atoms with Crippen LogP contribution >= 0.6 is 0 Å². The molecule has 3 N–H and O–H groups in total. The van der Waals surface area contributed by atoms with Gasteiger partial charge in [-0.15, -0.1) is 0 Å². The first-order valence-corrected chi connectivity index (χ1v) is 9.22. The highest BCUT2D eigenvalue weighted by atomic mass is 19.3. The third-order valence-corrected chi connectivity index (χ3v) is 4.14. The number of aliphatic imine (C=N–C) groups is 1. The second kappa shape index (κ2) is 9.81. The molecular formula is C20H23F2N3O4. The van der Waals surface area contributed by atoms with Gasteiger partial charge in [0.15, 0.2) is 17.5 Å². The second-order valence-corrected chi connectivity index (χ2v) is 6.23. The molecule has 1 aliphatic heterocycles. The minimum Gasteiger partial charge on any atom is -0.508 e. The predicted octanol–water partition coefficient (Wildman–Crippen LogP) is 3.02. The molecular weight excluding hydrogens is 384 g/mol. The van der Waals surface area contributed by atoms with Crippen molar-refractivity contribution >= 4 is 5.96 Å². The molecule has 29 heavy (non-hydrogen) atoms. The van der Waals surface area contributed by atoms with Gasteiger partial charge >= 0.3 is 6.61 Å². The molecule has 0 radical (unpaired) electrons. The average molecular weight is 407 g/mol. The number of hydrogen-bond donors (Lipinski definition) is 3. The van der Waals surface area contributed by atoms with Crippen LogP contribution in [0.4, 0.5) is 8.78 Å². The number of rotatable bonds is 8. The Balaban J connectivity index is 1.67. The lowest BCUT2D eigenvalue weighted by atomic mass is 10.1. The van der Waals surface area contributed by atoms with Crippen molar-refractivity contribution < 1.29 is 28.1 Å². The Labute approximate surface area is 167 Å². The molecule has 0 spiro atoms. The number of nitrogens with zero attached hydrogens (tertiary/aromatic N) is 1. The van der Waals surface area contributed by atoms with E-state index in [2.05, 4.69) is 20.4 Å². The highest BCUT2D eigenvalue weighted by molar-refractivity contribution is 5.79. The summed E-state index contributed by atoms with van der Waals surface area (Å²) in [4.78, 5) is 4.45. The van der Waals surface area contributed by atoms with Gasteiger partial charge in [-0.25, -0.2) is 4.99 Å². The standard InChI is InChI=1S/C20H23F2N3O4/c1-2-23-20(24-7-6-13-4-3-5-15(26)8-13)25-11-14-9-17-18(28-12-27-17)10-16(14)29-19(21)22/h3-5,8-10,19,26H,2,6-7,11-12H2,1H3,(H2,23,24,25). The van der Waals surface area contributed by atoms with Gasteiger partial charge in [0.2, 0.25) is 6.79 Å². The summed E-state index contributed by atoms with van der Waals surface area (Å²) in [6.07, 6.45) is 0.683. The van der Waals surface area contributed by atoms with Crippen molar-refractivity contribution in [2.75, 3.05) is 19.9 Å². The maximum Gasteiger partial charge on any atom is 0.387 e. The summed E-state index contributed by atoms with van der Waals surface area (Å²) in [7, 11) is 0. The van der Waals surface area contributed by atoms with E-state index < -0.39 is 6.61 Å². The first-order valence-electron chi connectivity index (χ1n) is 9.22. The summed E-state index contributed by atoms with van der Waals surface area (Å²) in [6, 6.07) is 10.0. The summed E-state index contributed by atoms with van der Waals surface area (Å²) in [5, 5.41) is 15.8. The van der Waals surface area contributed by atoms with Gasteiger partial charge in [0.05, 0.1) is 6.54 Å². The number of benzene rings is 2. The van der Waals surface area contributed by atoms with Crippen LogP contribution in [0, 0.1) is 0 Å². The normalized spacial score (nSPS) is 12.9. The van der Waals surface area contributed by atoms with Crippen LogP contribution in [-0.2, 0) is 13.0 Å². The van der Waals surface area contributed by atoms with Gasteiger partial charge in [-0.2, -0.15) is 8.78 Å². The molecule has 1 heterocycles. The van der Waals surface area contributed by atoms with E-state index in [-0.39, 0.29) is 24.8 Å². The highest BCUT2D eigenvalue weighted by Crippen LogP contribution is 2.39.